The predicted octanol–water partition coefficient (Wildman–Crippen LogP) is 4.75. The van der Waals surface area contributed by atoms with Crippen LogP contribution in [0.2, 0.25) is 0 Å². The number of rotatable bonds is 4. The summed E-state index contributed by atoms with van der Waals surface area (Å²) in [4.78, 5) is 17.4. The molecule has 1 aliphatic heterocycles. The monoisotopic (exact) mass is 390 g/mol. The van der Waals surface area contributed by atoms with Crippen LogP contribution in [0.3, 0.4) is 0 Å². The number of thioether (sulfide) groups is 1. The molecule has 0 aromatic heterocycles. The van der Waals surface area contributed by atoms with Crippen molar-refractivity contribution in [1.82, 2.24) is 5.32 Å². The third-order valence-electron chi connectivity index (χ3n) is 4.33. The summed E-state index contributed by atoms with van der Waals surface area (Å²) in [5.74, 6) is 1.28. The highest BCUT2D eigenvalue weighted by Crippen LogP contribution is 2.35. The fraction of sp³-hybridized carbons (Fsp3) is 0.0909. The van der Waals surface area contributed by atoms with Gasteiger partial charge in [0.25, 0.3) is 5.91 Å². The average molecular weight is 390 g/mol. The van der Waals surface area contributed by atoms with E-state index in [1.54, 1.807) is 14.2 Å². The molecule has 0 unspecified atom stereocenters. The van der Waals surface area contributed by atoms with Crippen molar-refractivity contribution in [1.29, 1.82) is 0 Å². The Morgan fingerprint density at radius 3 is 2.50 bits per heavy atom. The van der Waals surface area contributed by atoms with Crippen LogP contribution in [-0.2, 0) is 4.79 Å². The van der Waals surface area contributed by atoms with Crippen LogP contribution in [-0.4, -0.2) is 25.3 Å². The SMILES string of the molecule is COc1cc2c(OC)cccc2cc1C=C1SC(=Nc2ccccc2)NC1=O. The normalized spacial score (nSPS) is 16.6. The Morgan fingerprint density at radius 1 is 0.964 bits per heavy atom. The van der Waals surface area contributed by atoms with E-state index in [4.69, 9.17) is 9.47 Å². The van der Waals surface area contributed by atoms with Crippen molar-refractivity contribution in [3.63, 3.8) is 0 Å². The number of fused-ring (bicyclic) bond motifs is 1. The van der Waals surface area contributed by atoms with Crippen LogP contribution in [0.5, 0.6) is 11.5 Å². The Kier molecular flexibility index (Phi) is 5.04. The van der Waals surface area contributed by atoms with Gasteiger partial charge in [-0.3, -0.25) is 4.79 Å². The fourth-order valence-corrected chi connectivity index (χ4v) is 3.84. The molecular weight excluding hydrogens is 372 g/mol. The highest BCUT2D eigenvalue weighted by atomic mass is 32.2. The number of ether oxygens (including phenoxy) is 2. The summed E-state index contributed by atoms with van der Waals surface area (Å²) in [6.45, 7) is 0. The first-order valence-electron chi connectivity index (χ1n) is 8.67. The molecule has 1 amide bonds. The van der Waals surface area contributed by atoms with Gasteiger partial charge in [-0.1, -0.05) is 30.3 Å². The van der Waals surface area contributed by atoms with Gasteiger partial charge in [0.05, 0.1) is 24.8 Å². The molecule has 1 N–H and O–H groups in total. The fourth-order valence-electron chi connectivity index (χ4n) is 3.00. The van der Waals surface area contributed by atoms with E-state index < -0.39 is 0 Å². The summed E-state index contributed by atoms with van der Waals surface area (Å²) >= 11 is 1.31. The molecule has 1 aliphatic rings. The first kappa shape index (κ1) is 18.1. The molecule has 28 heavy (non-hydrogen) atoms. The summed E-state index contributed by atoms with van der Waals surface area (Å²) in [6, 6.07) is 19.3. The molecule has 0 bridgehead atoms. The molecule has 6 heteroatoms. The minimum atomic E-state index is -0.174. The van der Waals surface area contributed by atoms with Crippen molar-refractivity contribution >= 4 is 45.4 Å². The van der Waals surface area contributed by atoms with Crippen LogP contribution in [0, 0.1) is 0 Å². The van der Waals surface area contributed by atoms with Crippen molar-refractivity contribution in [2.24, 2.45) is 4.99 Å². The van der Waals surface area contributed by atoms with E-state index in [2.05, 4.69) is 10.3 Å². The van der Waals surface area contributed by atoms with Crippen molar-refractivity contribution in [3.05, 3.63) is 71.1 Å². The molecule has 1 saturated heterocycles. The number of benzene rings is 3. The van der Waals surface area contributed by atoms with E-state index in [0.29, 0.717) is 15.8 Å². The van der Waals surface area contributed by atoms with E-state index in [-0.39, 0.29) is 5.91 Å². The maximum atomic E-state index is 12.4. The smallest absolute Gasteiger partial charge is 0.264 e. The second-order valence-electron chi connectivity index (χ2n) is 6.09. The number of hydrogen-bond acceptors (Lipinski definition) is 5. The van der Waals surface area contributed by atoms with Gasteiger partial charge in [0, 0.05) is 10.9 Å². The first-order valence-corrected chi connectivity index (χ1v) is 9.49. The Labute approximate surface area is 167 Å². The summed E-state index contributed by atoms with van der Waals surface area (Å²) in [5, 5.41) is 5.33. The largest absolute Gasteiger partial charge is 0.496 e. The van der Waals surface area contributed by atoms with Crippen LogP contribution < -0.4 is 14.8 Å². The minimum absolute atomic E-state index is 0.174. The zero-order chi connectivity index (χ0) is 19.5. The lowest BCUT2D eigenvalue weighted by Gasteiger charge is -2.10. The molecular formula is C22H18N2O3S. The van der Waals surface area contributed by atoms with Crippen molar-refractivity contribution < 1.29 is 14.3 Å². The lowest BCUT2D eigenvalue weighted by Crippen LogP contribution is -2.19. The number of para-hydroxylation sites is 1. The van der Waals surface area contributed by atoms with Gasteiger partial charge in [-0.05, 0) is 53.6 Å². The third kappa shape index (κ3) is 3.59. The van der Waals surface area contributed by atoms with Gasteiger partial charge < -0.3 is 14.8 Å². The summed E-state index contributed by atoms with van der Waals surface area (Å²) in [5.41, 5.74) is 1.61. The van der Waals surface area contributed by atoms with Crippen LogP contribution in [0.4, 0.5) is 5.69 Å². The van der Waals surface area contributed by atoms with Gasteiger partial charge in [0.2, 0.25) is 0 Å². The lowest BCUT2D eigenvalue weighted by atomic mass is 10.0. The molecule has 1 heterocycles. The zero-order valence-electron chi connectivity index (χ0n) is 15.4. The first-order chi connectivity index (χ1) is 13.7. The zero-order valence-corrected chi connectivity index (χ0v) is 16.2. The third-order valence-corrected chi connectivity index (χ3v) is 5.24. The van der Waals surface area contributed by atoms with E-state index in [1.807, 2.05) is 66.7 Å². The van der Waals surface area contributed by atoms with E-state index in [0.717, 1.165) is 27.8 Å². The molecule has 0 radical (unpaired) electrons. The van der Waals surface area contributed by atoms with E-state index >= 15 is 0 Å². The molecule has 0 atom stereocenters. The highest BCUT2D eigenvalue weighted by Gasteiger charge is 2.24. The number of amidine groups is 1. The summed E-state index contributed by atoms with van der Waals surface area (Å²) < 4.78 is 11.0. The number of methoxy groups -OCH3 is 2. The van der Waals surface area contributed by atoms with Crippen LogP contribution in [0.1, 0.15) is 5.56 Å². The van der Waals surface area contributed by atoms with Crippen molar-refractivity contribution in [2.45, 2.75) is 0 Å². The Bertz CT molecular complexity index is 1110. The quantitative estimate of drug-likeness (QED) is 0.653. The summed E-state index contributed by atoms with van der Waals surface area (Å²) in [7, 11) is 3.26. The molecule has 140 valence electrons. The number of nitrogens with one attached hydrogen (secondary N) is 1. The lowest BCUT2D eigenvalue weighted by molar-refractivity contribution is -0.115. The molecule has 3 aromatic carbocycles. The molecule has 3 aromatic rings. The number of carbonyl (C=O) groups excluding carboxylic acids is 1. The van der Waals surface area contributed by atoms with Gasteiger partial charge in [-0.15, -0.1) is 0 Å². The molecule has 0 saturated carbocycles. The van der Waals surface area contributed by atoms with Gasteiger partial charge >= 0.3 is 0 Å². The molecule has 5 nitrogen and oxygen atoms in total. The van der Waals surface area contributed by atoms with Gasteiger partial charge in [-0.25, -0.2) is 4.99 Å². The topological polar surface area (TPSA) is 59.9 Å². The maximum Gasteiger partial charge on any atom is 0.264 e. The van der Waals surface area contributed by atoms with Crippen molar-refractivity contribution in [2.75, 3.05) is 14.2 Å². The Morgan fingerprint density at radius 2 is 1.75 bits per heavy atom. The second-order valence-corrected chi connectivity index (χ2v) is 7.12. The standard InChI is InChI=1S/C22H18N2O3S/c1-26-18-10-6-7-14-11-15(19(27-2)13-17(14)18)12-20-21(25)24-22(28-20)23-16-8-4-3-5-9-16/h3-13H,1-2H3,(H,23,24,25). The van der Waals surface area contributed by atoms with E-state index in [1.165, 1.54) is 11.8 Å². The number of hydrogen-bond donors (Lipinski definition) is 1. The molecule has 0 aliphatic carbocycles. The van der Waals surface area contributed by atoms with Crippen LogP contribution >= 0.6 is 11.8 Å². The minimum Gasteiger partial charge on any atom is -0.496 e. The van der Waals surface area contributed by atoms with E-state index in [9.17, 15) is 4.79 Å². The number of aliphatic imine (C=N–C) groups is 1. The van der Waals surface area contributed by atoms with Gasteiger partial charge in [0.1, 0.15) is 11.5 Å². The number of nitrogens with zero attached hydrogens (tertiary/aromatic N) is 1. The Hall–Kier alpha value is -3.25. The van der Waals surface area contributed by atoms with Crippen molar-refractivity contribution in [3.8, 4) is 11.5 Å². The van der Waals surface area contributed by atoms with Crippen LogP contribution in [0.25, 0.3) is 16.8 Å². The predicted molar refractivity (Wildman–Crippen MR) is 114 cm³/mol. The van der Waals surface area contributed by atoms with Gasteiger partial charge in [-0.2, -0.15) is 0 Å². The second kappa shape index (κ2) is 7.78. The number of carbonyl (C=O) groups is 1. The summed E-state index contributed by atoms with van der Waals surface area (Å²) in [6.07, 6.45) is 1.82. The average Bonchev–Trinajstić information content (AvgIpc) is 3.06. The molecule has 0 spiro atoms. The molecule has 1 fully saturated rings. The Balaban J connectivity index is 1.71. The van der Waals surface area contributed by atoms with Gasteiger partial charge in [0.15, 0.2) is 5.17 Å². The highest BCUT2D eigenvalue weighted by molar-refractivity contribution is 8.18. The molecule has 4 rings (SSSR count). The maximum absolute atomic E-state index is 12.4. The van der Waals surface area contributed by atoms with Crippen LogP contribution in [0.15, 0.2) is 70.6 Å². The number of amides is 1.